The predicted octanol–water partition coefficient (Wildman–Crippen LogP) is 4.73. The Kier molecular flexibility index (Phi) is 4.35. The number of aliphatic hydroxyl groups is 1. The minimum absolute atomic E-state index is 0.597. The van der Waals surface area contributed by atoms with Crippen molar-refractivity contribution in [1.29, 1.82) is 0 Å². The molecule has 0 spiro atoms. The maximum Gasteiger partial charge on any atom is 0.0899 e. The van der Waals surface area contributed by atoms with Gasteiger partial charge in [0.2, 0.25) is 0 Å². The molecule has 0 saturated heterocycles. The molecule has 0 radical (unpaired) electrons. The molecule has 2 atom stereocenters. The zero-order valence-corrected chi connectivity index (χ0v) is 12.9. The van der Waals surface area contributed by atoms with Crippen LogP contribution in [-0.2, 0) is 5.60 Å². The molecule has 1 fully saturated rings. The second-order valence-corrected chi connectivity index (χ2v) is 6.71. The van der Waals surface area contributed by atoms with E-state index in [-0.39, 0.29) is 0 Å². The summed E-state index contributed by atoms with van der Waals surface area (Å²) in [6.45, 7) is 8.91. The van der Waals surface area contributed by atoms with Gasteiger partial charge in [0.05, 0.1) is 5.60 Å². The molecule has 1 aromatic carbocycles. The van der Waals surface area contributed by atoms with Crippen LogP contribution in [0.15, 0.2) is 18.2 Å². The Morgan fingerprint density at radius 2 is 1.89 bits per heavy atom. The Hall–Kier alpha value is -0.820. The summed E-state index contributed by atoms with van der Waals surface area (Å²) in [7, 11) is 0. The zero-order valence-electron chi connectivity index (χ0n) is 12.9. The van der Waals surface area contributed by atoms with Crippen molar-refractivity contribution < 1.29 is 5.11 Å². The summed E-state index contributed by atoms with van der Waals surface area (Å²) in [6.07, 6.45) is 5.40. The molecule has 0 aromatic heterocycles. The van der Waals surface area contributed by atoms with Gasteiger partial charge in [-0.1, -0.05) is 38.5 Å². The van der Waals surface area contributed by atoms with E-state index < -0.39 is 5.60 Å². The van der Waals surface area contributed by atoms with Gasteiger partial charge in [-0.25, -0.2) is 0 Å². The molecule has 1 aromatic rings. The van der Waals surface area contributed by atoms with Gasteiger partial charge in [-0.15, -0.1) is 0 Å². The van der Waals surface area contributed by atoms with Gasteiger partial charge in [0.25, 0.3) is 0 Å². The summed E-state index contributed by atoms with van der Waals surface area (Å²) >= 11 is 0. The van der Waals surface area contributed by atoms with Crippen molar-refractivity contribution in [2.75, 3.05) is 0 Å². The third-order valence-corrected chi connectivity index (χ3v) is 5.14. The summed E-state index contributed by atoms with van der Waals surface area (Å²) in [5, 5.41) is 11.1. The highest BCUT2D eigenvalue weighted by Crippen LogP contribution is 2.41. The zero-order chi connectivity index (χ0) is 14.0. The van der Waals surface area contributed by atoms with E-state index in [0.717, 1.165) is 43.1 Å². The topological polar surface area (TPSA) is 20.2 Å². The Labute approximate surface area is 118 Å². The van der Waals surface area contributed by atoms with Crippen molar-refractivity contribution in [3.05, 3.63) is 34.9 Å². The second-order valence-electron chi connectivity index (χ2n) is 6.71. The van der Waals surface area contributed by atoms with Gasteiger partial charge in [-0.05, 0) is 68.1 Å². The first-order chi connectivity index (χ1) is 8.94. The van der Waals surface area contributed by atoms with Crippen LogP contribution in [0.2, 0.25) is 0 Å². The monoisotopic (exact) mass is 260 g/mol. The first kappa shape index (κ1) is 14.6. The Morgan fingerprint density at radius 3 is 2.58 bits per heavy atom. The van der Waals surface area contributed by atoms with Crippen molar-refractivity contribution in [3.63, 3.8) is 0 Å². The van der Waals surface area contributed by atoms with Crippen LogP contribution < -0.4 is 0 Å². The molecule has 106 valence electrons. The molecule has 1 heteroatoms. The van der Waals surface area contributed by atoms with Crippen molar-refractivity contribution in [1.82, 2.24) is 0 Å². The minimum Gasteiger partial charge on any atom is -0.385 e. The molecule has 2 rings (SSSR count). The normalized spacial score (nSPS) is 28.4. The largest absolute Gasteiger partial charge is 0.385 e. The van der Waals surface area contributed by atoms with Crippen LogP contribution in [0.1, 0.15) is 62.6 Å². The molecular formula is C18H28O. The van der Waals surface area contributed by atoms with Gasteiger partial charge in [0, 0.05) is 0 Å². The van der Waals surface area contributed by atoms with E-state index in [1.165, 1.54) is 17.5 Å². The first-order valence-corrected chi connectivity index (χ1v) is 7.73. The second kappa shape index (κ2) is 5.66. The third kappa shape index (κ3) is 3.02. The van der Waals surface area contributed by atoms with Crippen LogP contribution in [0.5, 0.6) is 0 Å². The molecule has 1 saturated carbocycles. The van der Waals surface area contributed by atoms with E-state index in [1.54, 1.807) is 0 Å². The van der Waals surface area contributed by atoms with E-state index in [4.69, 9.17) is 0 Å². The predicted molar refractivity (Wildman–Crippen MR) is 81.2 cm³/mol. The van der Waals surface area contributed by atoms with E-state index in [1.807, 2.05) is 0 Å². The summed E-state index contributed by atoms with van der Waals surface area (Å²) in [4.78, 5) is 0. The van der Waals surface area contributed by atoms with Crippen LogP contribution in [0.25, 0.3) is 0 Å². The van der Waals surface area contributed by atoms with Crippen LogP contribution >= 0.6 is 0 Å². The fraction of sp³-hybridized carbons (Fsp3) is 0.667. The fourth-order valence-corrected chi connectivity index (χ4v) is 3.54. The molecular weight excluding hydrogens is 232 g/mol. The summed E-state index contributed by atoms with van der Waals surface area (Å²) in [5.74, 6) is 1.51. The lowest BCUT2D eigenvalue weighted by atomic mass is 9.82. The van der Waals surface area contributed by atoms with Crippen LogP contribution in [-0.4, -0.2) is 5.11 Å². The van der Waals surface area contributed by atoms with Gasteiger partial charge >= 0.3 is 0 Å². The highest BCUT2D eigenvalue weighted by molar-refractivity contribution is 5.37. The van der Waals surface area contributed by atoms with E-state index >= 15 is 0 Å². The van der Waals surface area contributed by atoms with Crippen molar-refractivity contribution in [3.8, 4) is 0 Å². The Morgan fingerprint density at radius 1 is 1.16 bits per heavy atom. The summed E-state index contributed by atoms with van der Waals surface area (Å²) in [6, 6.07) is 6.34. The van der Waals surface area contributed by atoms with Crippen LogP contribution in [0, 0.1) is 25.7 Å². The average molecular weight is 260 g/mol. The summed E-state index contributed by atoms with van der Waals surface area (Å²) < 4.78 is 0. The number of hydrogen-bond donors (Lipinski definition) is 1. The highest BCUT2D eigenvalue weighted by Gasteiger charge is 2.34. The van der Waals surface area contributed by atoms with Crippen molar-refractivity contribution in [2.24, 2.45) is 11.8 Å². The van der Waals surface area contributed by atoms with Crippen molar-refractivity contribution in [2.45, 2.75) is 65.4 Å². The van der Waals surface area contributed by atoms with Gasteiger partial charge < -0.3 is 5.11 Å². The molecule has 1 aliphatic carbocycles. The molecule has 2 unspecified atom stereocenters. The smallest absolute Gasteiger partial charge is 0.0899 e. The third-order valence-electron chi connectivity index (χ3n) is 5.14. The van der Waals surface area contributed by atoms with Gasteiger partial charge in [-0.2, -0.15) is 0 Å². The number of aryl methyl sites for hydroxylation is 1. The summed E-state index contributed by atoms with van der Waals surface area (Å²) in [5.41, 5.74) is 3.13. The van der Waals surface area contributed by atoms with Gasteiger partial charge in [0.1, 0.15) is 0 Å². The van der Waals surface area contributed by atoms with E-state index in [9.17, 15) is 5.11 Å². The van der Waals surface area contributed by atoms with Crippen molar-refractivity contribution >= 4 is 0 Å². The lowest BCUT2D eigenvalue weighted by Crippen LogP contribution is -2.26. The maximum absolute atomic E-state index is 11.1. The molecule has 0 amide bonds. The maximum atomic E-state index is 11.1. The lowest BCUT2D eigenvalue weighted by Gasteiger charge is -2.30. The first-order valence-electron chi connectivity index (χ1n) is 7.73. The van der Waals surface area contributed by atoms with Gasteiger partial charge in [0.15, 0.2) is 0 Å². The van der Waals surface area contributed by atoms with Crippen LogP contribution in [0.4, 0.5) is 0 Å². The van der Waals surface area contributed by atoms with E-state index in [0.29, 0.717) is 0 Å². The Bertz CT molecular complexity index is 435. The average Bonchev–Trinajstić information content (AvgIpc) is 2.55. The SMILES string of the molecule is Cc1cccc(C2(O)CCCC(C(C)C)CC2)c1C. The molecule has 0 bridgehead atoms. The quantitative estimate of drug-likeness (QED) is 0.762. The number of benzene rings is 1. The molecule has 1 nitrogen and oxygen atoms in total. The molecule has 1 N–H and O–H groups in total. The van der Waals surface area contributed by atoms with Gasteiger partial charge in [-0.3, -0.25) is 0 Å². The van der Waals surface area contributed by atoms with E-state index in [2.05, 4.69) is 45.9 Å². The lowest BCUT2D eigenvalue weighted by molar-refractivity contribution is 0.0184. The van der Waals surface area contributed by atoms with Crippen LogP contribution in [0.3, 0.4) is 0 Å². The standard InChI is InChI=1S/C18H28O/c1-13(2)16-8-6-11-18(19,12-10-16)17-9-5-7-14(3)15(17)4/h5,7,9,13,16,19H,6,8,10-12H2,1-4H3. The molecule has 0 aliphatic heterocycles. The fourth-order valence-electron chi connectivity index (χ4n) is 3.54. The minimum atomic E-state index is -0.597. The molecule has 1 aliphatic rings. The highest BCUT2D eigenvalue weighted by atomic mass is 16.3. The Balaban J connectivity index is 2.25. The number of rotatable bonds is 2. The number of hydrogen-bond acceptors (Lipinski definition) is 1. The molecule has 0 heterocycles. The molecule has 19 heavy (non-hydrogen) atoms.